The molecule has 1 N–H and O–H groups in total. The Bertz CT molecular complexity index is 407. The summed E-state index contributed by atoms with van der Waals surface area (Å²) in [6.07, 6.45) is 4.03. The highest BCUT2D eigenvalue weighted by molar-refractivity contribution is 5.77. The average Bonchev–Trinajstić information content (AvgIpc) is 2.52. The standard InChI is InChI=1S/C17H27NO3/c1-3-5-11-20-12-7-10-18-17(19)14-21-16-9-6-8-15(4-2)13-16/h6,8-9,13H,3-5,7,10-12,14H2,1-2H3,(H,18,19). The molecule has 4 heteroatoms. The van der Waals surface area contributed by atoms with Crippen molar-refractivity contribution in [1.29, 1.82) is 0 Å². The lowest BCUT2D eigenvalue weighted by molar-refractivity contribution is -0.123. The van der Waals surface area contributed by atoms with Crippen molar-refractivity contribution in [1.82, 2.24) is 5.32 Å². The second kappa shape index (κ2) is 11.1. The molecule has 0 bridgehead atoms. The van der Waals surface area contributed by atoms with Gasteiger partial charge in [-0.1, -0.05) is 32.4 Å². The van der Waals surface area contributed by atoms with Gasteiger partial charge >= 0.3 is 0 Å². The number of carbonyl (C=O) groups is 1. The van der Waals surface area contributed by atoms with Crippen LogP contribution in [0, 0.1) is 0 Å². The second-order valence-electron chi connectivity index (χ2n) is 4.96. The Morgan fingerprint density at radius 1 is 1.19 bits per heavy atom. The van der Waals surface area contributed by atoms with Crippen LogP contribution in [-0.4, -0.2) is 32.3 Å². The van der Waals surface area contributed by atoms with Crippen LogP contribution in [0.5, 0.6) is 5.75 Å². The molecule has 0 atom stereocenters. The highest BCUT2D eigenvalue weighted by atomic mass is 16.5. The monoisotopic (exact) mass is 293 g/mol. The molecular formula is C17H27NO3. The van der Waals surface area contributed by atoms with Crippen molar-refractivity contribution in [3.63, 3.8) is 0 Å². The van der Waals surface area contributed by atoms with Crippen molar-refractivity contribution >= 4 is 5.91 Å². The number of hydrogen-bond acceptors (Lipinski definition) is 3. The Morgan fingerprint density at radius 2 is 2.00 bits per heavy atom. The largest absolute Gasteiger partial charge is 0.484 e. The molecule has 0 aliphatic carbocycles. The molecule has 0 radical (unpaired) electrons. The van der Waals surface area contributed by atoms with E-state index >= 15 is 0 Å². The molecular weight excluding hydrogens is 266 g/mol. The van der Waals surface area contributed by atoms with Gasteiger partial charge in [0.1, 0.15) is 5.75 Å². The first-order chi connectivity index (χ1) is 10.3. The van der Waals surface area contributed by atoms with Crippen LogP contribution in [0.25, 0.3) is 0 Å². The van der Waals surface area contributed by atoms with Crippen molar-refractivity contribution in [3.05, 3.63) is 29.8 Å². The van der Waals surface area contributed by atoms with E-state index < -0.39 is 0 Å². The van der Waals surface area contributed by atoms with Gasteiger partial charge in [0.25, 0.3) is 5.91 Å². The first-order valence-electron chi connectivity index (χ1n) is 7.82. The maximum absolute atomic E-state index is 11.6. The number of hydrogen-bond donors (Lipinski definition) is 1. The zero-order valence-electron chi connectivity index (χ0n) is 13.2. The number of ether oxygens (including phenoxy) is 2. The van der Waals surface area contributed by atoms with E-state index in [4.69, 9.17) is 9.47 Å². The van der Waals surface area contributed by atoms with Crippen molar-refractivity contribution in [2.45, 2.75) is 39.5 Å². The third kappa shape index (κ3) is 8.35. The van der Waals surface area contributed by atoms with Crippen molar-refractivity contribution < 1.29 is 14.3 Å². The summed E-state index contributed by atoms with van der Waals surface area (Å²) in [6.45, 7) is 6.42. The molecule has 0 saturated carbocycles. The van der Waals surface area contributed by atoms with Gasteiger partial charge in [-0.25, -0.2) is 0 Å². The van der Waals surface area contributed by atoms with E-state index in [-0.39, 0.29) is 12.5 Å². The molecule has 0 heterocycles. The molecule has 0 spiro atoms. The van der Waals surface area contributed by atoms with Gasteiger partial charge in [0.05, 0.1) is 0 Å². The zero-order chi connectivity index (χ0) is 15.3. The minimum absolute atomic E-state index is 0.0594. The molecule has 0 aliphatic rings. The maximum Gasteiger partial charge on any atom is 0.257 e. The summed E-state index contributed by atoms with van der Waals surface area (Å²) in [4.78, 5) is 11.6. The van der Waals surface area contributed by atoms with Crippen molar-refractivity contribution in [2.75, 3.05) is 26.4 Å². The van der Waals surface area contributed by atoms with E-state index in [2.05, 4.69) is 19.2 Å². The van der Waals surface area contributed by atoms with E-state index in [0.29, 0.717) is 13.2 Å². The van der Waals surface area contributed by atoms with Gasteiger partial charge in [0.2, 0.25) is 0 Å². The lowest BCUT2D eigenvalue weighted by atomic mass is 10.2. The van der Waals surface area contributed by atoms with Gasteiger partial charge < -0.3 is 14.8 Å². The smallest absolute Gasteiger partial charge is 0.257 e. The number of amides is 1. The molecule has 0 aliphatic heterocycles. The predicted molar refractivity (Wildman–Crippen MR) is 84.7 cm³/mol. The number of rotatable bonds is 11. The van der Waals surface area contributed by atoms with Crippen LogP contribution >= 0.6 is 0 Å². The Morgan fingerprint density at radius 3 is 2.76 bits per heavy atom. The maximum atomic E-state index is 11.6. The molecule has 21 heavy (non-hydrogen) atoms. The summed E-state index contributed by atoms with van der Waals surface area (Å²) in [6, 6.07) is 7.83. The Labute approximate surface area is 127 Å². The molecule has 1 aromatic carbocycles. The first-order valence-corrected chi connectivity index (χ1v) is 7.82. The van der Waals surface area contributed by atoms with Crippen LogP contribution in [0.4, 0.5) is 0 Å². The summed E-state index contributed by atoms with van der Waals surface area (Å²) in [5.41, 5.74) is 1.21. The molecule has 4 nitrogen and oxygen atoms in total. The number of unbranched alkanes of at least 4 members (excludes halogenated alkanes) is 1. The highest BCUT2D eigenvalue weighted by Crippen LogP contribution is 2.13. The van der Waals surface area contributed by atoms with Gasteiger partial charge in [0.15, 0.2) is 6.61 Å². The van der Waals surface area contributed by atoms with E-state index in [1.54, 1.807) is 0 Å². The van der Waals surface area contributed by atoms with Crippen LogP contribution in [-0.2, 0) is 16.0 Å². The Hall–Kier alpha value is -1.55. The quantitative estimate of drug-likeness (QED) is 0.638. The summed E-state index contributed by atoms with van der Waals surface area (Å²) >= 11 is 0. The summed E-state index contributed by atoms with van der Waals surface area (Å²) in [7, 11) is 0. The summed E-state index contributed by atoms with van der Waals surface area (Å²) < 4.78 is 10.9. The number of carbonyl (C=O) groups excluding carboxylic acids is 1. The number of benzene rings is 1. The van der Waals surface area contributed by atoms with Crippen molar-refractivity contribution in [3.8, 4) is 5.75 Å². The predicted octanol–water partition coefficient (Wildman–Crippen LogP) is 2.95. The minimum Gasteiger partial charge on any atom is -0.484 e. The third-order valence-corrected chi connectivity index (χ3v) is 3.11. The topological polar surface area (TPSA) is 47.6 Å². The third-order valence-electron chi connectivity index (χ3n) is 3.11. The van der Waals surface area contributed by atoms with Gasteiger partial charge in [-0.2, -0.15) is 0 Å². The van der Waals surface area contributed by atoms with Crippen LogP contribution in [0.15, 0.2) is 24.3 Å². The Balaban J connectivity index is 2.08. The van der Waals surface area contributed by atoms with Gasteiger partial charge in [-0.05, 0) is 37.0 Å². The minimum atomic E-state index is -0.0922. The van der Waals surface area contributed by atoms with Gasteiger partial charge in [0, 0.05) is 19.8 Å². The normalized spacial score (nSPS) is 10.4. The second-order valence-corrected chi connectivity index (χ2v) is 4.96. The lowest BCUT2D eigenvalue weighted by Gasteiger charge is -2.08. The molecule has 0 unspecified atom stereocenters. The van der Waals surface area contributed by atoms with Crippen LogP contribution in [0.1, 0.15) is 38.7 Å². The summed E-state index contributed by atoms with van der Waals surface area (Å²) in [5, 5.41) is 2.83. The van der Waals surface area contributed by atoms with Gasteiger partial charge in [-0.3, -0.25) is 4.79 Å². The molecule has 1 rings (SSSR count). The number of nitrogens with one attached hydrogen (secondary N) is 1. The SMILES string of the molecule is CCCCOCCCNC(=O)COc1cccc(CC)c1. The van der Waals surface area contributed by atoms with Crippen LogP contribution in [0.2, 0.25) is 0 Å². The van der Waals surface area contributed by atoms with Gasteiger partial charge in [-0.15, -0.1) is 0 Å². The lowest BCUT2D eigenvalue weighted by Crippen LogP contribution is -2.30. The fourth-order valence-corrected chi connectivity index (χ4v) is 1.81. The molecule has 1 amide bonds. The fraction of sp³-hybridized carbons (Fsp3) is 0.588. The van der Waals surface area contributed by atoms with E-state index in [1.807, 2.05) is 24.3 Å². The molecule has 0 saturated heterocycles. The van der Waals surface area contributed by atoms with E-state index in [9.17, 15) is 4.79 Å². The molecule has 1 aromatic rings. The molecule has 0 aromatic heterocycles. The van der Waals surface area contributed by atoms with Crippen LogP contribution < -0.4 is 10.1 Å². The van der Waals surface area contributed by atoms with E-state index in [0.717, 1.165) is 38.0 Å². The Kier molecular flexibility index (Phi) is 9.29. The highest BCUT2D eigenvalue weighted by Gasteiger charge is 2.02. The number of aryl methyl sites for hydroxylation is 1. The van der Waals surface area contributed by atoms with Crippen molar-refractivity contribution in [2.24, 2.45) is 0 Å². The summed E-state index contributed by atoms with van der Waals surface area (Å²) in [5.74, 6) is 0.651. The first kappa shape index (κ1) is 17.5. The average molecular weight is 293 g/mol. The van der Waals surface area contributed by atoms with Crippen LogP contribution in [0.3, 0.4) is 0 Å². The van der Waals surface area contributed by atoms with E-state index in [1.165, 1.54) is 5.56 Å². The fourth-order valence-electron chi connectivity index (χ4n) is 1.81. The molecule has 0 fully saturated rings. The molecule has 118 valence electrons. The zero-order valence-corrected chi connectivity index (χ0v) is 13.2.